The molecule has 0 spiro atoms. The van der Waals surface area contributed by atoms with Crippen LogP contribution in [0.2, 0.25) is 5.02 Å². The third-order valence-electron chi connectivity index (χ3n) is 9.07. The molecule has 3 N–H and O–H groups in total. The Balaban J connectivity index is 1.14. The van der Waals surface area contributed by atoms with Crippen LogP contribution in [0.15, 0.2) is 66.9 Å². The lowest BCUT2D eigenvalue weighted by Crippen LogP contribution is -2.47. The van der Waals surface area contributed by atoms with Gasteiger partial charge in [-0.3, -0.25) is 15.0 Å². The molecule has 4 heterocycles. The smallest absolute Gasteiger partial charge is 0.306 e. The molecule has 0 radical (unpaired) electrons. The number of hydrazine groups is 1. The quantitative estimate of drug-likeness (QED) is 0.328. The molecule has 0 aliphatic carbocycles. The summed E-state index contributed by atoms with van der Waals surface area (Å²) in [6.07, 6.45) is 7.53. The van der Waals surface area contributed by atoms with E-state index in [0.29, 0.717) is 67.4 Å². The summed E-state index contributed by atoms with van der Waals surface area (Å²) in [5.41, 5.74) is 6.33. The molecule has 2 saturated heterocycles. The van der Waals surface area contributed by atoms with E-state index in [4.69, 9.17) is 16.3 Å². The second-order valence-electron chi connectivity index (χ2n) is 11.9. The number of pyridine rings is 1. The van der Waals surface area contributed by atoms with E-state index in [2.05, 4.69) is 21.4 Å². The molecule has 2 fully saturated rings. The predicted molar refractivity (Wildman–Crippen MR) is 167 cm³/mol. The van der Waals surface area contributed by atoms with Crippen LogP contribution in [0, 0.1) is 5.92 Å². The molecule has 44 heavy (non-hydrogen) atoms. The van der Waals surface area contributed by atoms with Gasteiger partial charge in [-0.25, -0.2) is 9.99 Å². The molecule has 3 aromatic rings. The van der Waals surface area contributed by atoms with Gasteiger partial charge in [-0.2, -0.15) is 0 Å². The van der Waals surface area contributed by atoms with Gasteiger partial charge in [-0.05, 0) is 79.6 Å². The van der Waals surface area contributed by atoms with Gasteiger partial charge in [0.15, 0.2) is 0 Å². The maximum atomic E-state index is 13.5. The lowest BCUT2D eigenvalue weighted by molar-refractivity contribution is -0.143. The van der Waals surface area contributed by atoms with Crippen molar-refractivity contribution in [2.45, 2.75) is 44.1 Å². The number of aliphatic carboxylic acids is 1. The fourth-order valence-electron chi connectivity index (χ4n) is 6.40. The molecule has 1 aromatic heterocycles. The molecule has 0 unspecified atom stereocenters. The number of hydrogen-bond donors (Lipinski definition) is 3. The van der Waals surface area contributed by atoms with Crippen LogP contribution in [0.1, 0.15) is 59.2 Å². The number of nitrogens with one attached hydrogen (secondary N) is 1. The van der Waals surface area contributed by atoms with Gasteiger partial charge < -0.3 is 19.8 Å². The average molecular weight is 617 g/mol. The summed E-state index contributed by atoms with van der Waals surface area (Å²) in [5.74, 6) is -0.282. The molecule has 10 heteroatoms. The van der Waals surface area contributed by atoms with Gasteiger partial charge in [0.1, 0.15) is 5.75 Å². The minimum absolute atomic E-state index is 0.237. The van der Waals surface area contributed by atoms with Crippen molar-refractivity contribution in [3.63, 3.8) is 0 Å². The summed E-state index contributed by atoms with van der Waals surface area (Å²) < 4.78 is 6.27. The number of carbonyl (C=O) groups is 2. The standard InChI is InChI=1S/C34H37ClN4O5/c35-26-10-8-25(9-11-26)34(43)14-20-38(21-15-34)17-3-4-24-22-29-28(31(40)37-39-18-12-23(13-19-39)33(41)42)5-1-7-30(29)44-32-27(24)6-2-16-36-32/h1-2,4-11,16,23,43H,3,12-15,17-22H2,(H,37,40)(H,41,42)/b24-4-. The number of ether oxygens (including phenoxy) is 1. The van der Waals surface area contributed by atoms with Crippen LogP contribution >= 0.6 is 11.6 Å². The minimum atomic E-state index is -0.838. The highest BCUT2D eigenvalue weighted by Gasteiger charge is 2.34. The van der Waals surface area contributed by atoms with Crippen molar-refractivity contribution in [3.05, 3.63) is 94.1 Å². The Kier molecular flexibility index (Phi) is 9.00. The van der Waals surface area contributed by atoms with Crippen LogP contribution in [0.3, 0.4) is 0 Å². The normalized spacial score (nSPS) is 19.8. The molecular weight excluding hydrogens is 580 g/mol. The van der Waals surface area contributed by atoms with Gasteiger partial charge in [0.05, 0.1) is 11.5 Å². The SMILES string of the molecule is O=C(NN1CCC(C(=O)O)CC1)c1cccc2c1C/C(=C/CCN1CCC(O)(c3ccc(Cl)cc3)CC1)c1cccnc1O2. The number of allylic oxidation sites excluding steroid dienone is 1. The van der Waals surface area contributed by atoms with Crippen LogP contribution in [0.5, 0.6) is 11.6 Å². The zero-order chi connectivity index (χ0) is 30.7. The zero-order valence-corrected chi connectivity index (χ0v) is 25.3. The molecule has 9 nitrogen and oxygen atoms in total. The fourth-order valence-corrected chi connectivity index (χ4v) is 6.53. The minimum Gasteiger partial charge on any atom is -0.481 e. The van der Waals surface area contributed by atoms with Crippen molar-refractivity contribution in [1.29, 1.82) is 0 Å². The van der Waals surface area contributed by atoms with Crippen molar-refractivity contribution in [1.82, 2.24) is 20.3 Å². The number of aromatic nitrogens is 1. The Bertz CT molecular complexity index is 1540. The van der Waals surface area contributed by atoms with Gasteiger partial charge >= 0.3 is 5.97 Å². The van der Waals surface area contributed by atoms with E-state index in [1.807, 2.05) is 48.5 Å². The molecule has 0 atom stereocenters. The van der Waals surface area contributed by atoms with E-state index in [0.717, 1.165) is 48.3 Å². The summed E-state index contributed by atoms with van der Waals surface area (Å²) in [6.45, 7) is 3.41. The summed E-state index contributed by atoms with van der Waals surface area (Å²) in [7, 11) is 0. The number of nitrogens with zero attached hydrogens (tertiary/aromatic N) is 3. The number of amides is 1. The number of carbonyl (C=O) groups excluding carboxylic acids is 1. The summed E-state index contributed by atoms with van der Waals surface area (Å²) in [5, 5.41) is 23.0. The number of aliphatic hydroxyl groups is 1. The highest BCUT2D eigenvalue weighted by molar-refractivity contribution is 6.30. The summed E-state index contributed by atoms with van der Waals surface area (Å²) in [4.78, 5) is 31.7. The van der Waals surface area contributed by atoms with E-state index < -0.39 is 11.6 Å². The van der Waals surface area contributed by atoms with Gasteiger partial charge in [0, 0.05) is 67.1 Å². The van der Waals surface area contributed by atoms with Crippen LogP contribution < -0.4 is 10.2 Å². The molecule has 230 valence electrons. The predicted octanol–water partition coefficient (Wildman–Crippen LogP) is 5.28. The number of benzene rings is 2. The first kappa shape index (κ1) is 30.3. The number of carboxylic acid groups (broad SMARTS) is 1. The Morgan fingerprint density at radius 2 is 1.80 bits per heavy atom. The molecule has 1 amide bonds. The first-order chi connectivity index (χ1) is 21.3. The van der Waals surface area contributed by atoms with Crippen molar-refractivity contribution < 1.29 is 24.5 Å². The number of fused-ring (bicyclic) bond motifs is 2. The van der Waals surface area contributed by atoms with Crippen molar-refractivity contribution >= 4 is 29.1 Å². The summed E-state index contributed by atoms with van der Waals surface area (Å²) >= 11 is 6.04. The number of rotatable bonds is 7. The molecule has 3 aliphatic rings. The third-order valence-corrected chi connectivity index (χ3v) is 9.33. The molecule has 0 bridgehead atoms. The zero-order valence-electron chi connectivity index (χ0n) is 24.5. The van der Waals surface area contributed by atoms with Crippen molar-refractivity contribution in [2.24, 2.45) is 5.92 Å². The van der Waals surface area contributed by atoms with E-state index in [9.17, 15) is 19.8 Å². The Morgan fingerprint density at radius 1 is 1.05 bits per heavy atom. The first-order valence-electron chi connectivity index (χ1n) is 15.2. The highest BCUT2D eigenvalue weighted by atomic mass is 35.5. The van der Waals surface area contributed by atoms with Gasteiger partial charge in [0.2, 0.25) is 5.88 Å². The number of piperidine rings is 2. The number of carboxylic acids is 1. The average Bonchev–Trinajstić information content (AvgIpc) is 3.19. The van der Waals surface area contributed by atoms with E-state index in [1.54, 1.807) is 17.3 Å². The van der Waals surface area contributed by atoms with Gasteiger partial charge in [0.25, 0.3) is 5.91 Å². The van der Waals surface area contributed by atoms with E-state index in [1.165, 1.54) is 0 Å². The lowest BCUT2D eigenvalue weighted by atomic mass is 9.84. The molecule has 6 rings (SSSR count). The van der Waals surface area contributed by atoms with Crippen LogP contribution in [-0.4, -0.2) is 69.7 Å². The third kappa shape index (κ3) is 6.66. The highest BCUT2D eigenvalue weighted by Crippen LogP contribution is 2.39. The Hall–Kier alpha value is -3.76. The Labute approximate surface area is 262 Å². The lowest BCUT2D eigenvalue weighted by Gasteiger charge is -2.38. The van der Waals surface area contributed by atoms with E-state index >= 15 is 0 Å². The largest absolute Gasteiger partial charge is 0.481 e. The number of halogens is 1. The topological polar surface area (TPSA) is 115 Å². The number of likely N-dealkylation sites (tertiary alicyclic amines) is 1. The van der Waals surface area contributed by atoms with Crippen molar-refractivity contribution in [2.75, 3.05) is 32.7 Å². The Morgan fingerprint density at radius 3 is 2.52 bits per heavy atom. The van der Waals surface area contributed by atoms with Crippen LogP contribution in [0.25, 0.3) is 5.57 Å². The molecule has 3 aliphatic heterocycles. The fraction of sp³-hybridized carbons (Fsp3) is 0.382. The second-order valence-corrected chi connectivity index (χ2v) is 12.3. The monoisotopic (exact) mass is 616 g/mol. The maximum absolute atomic E-state index is 13.5. The second kappa shape index (κ2) is 13.1. The number of hydrogen-bond acceptors (Lipinski definition) is 7. The van der Waals surface area contributed by atoms with Crippen LogP contribution in [-0.2, 0) is 16.8 Å². The maximum Gasteiger partial charge on any atom is 0.306 e. The van der Waals surface area contributed by atoms with Gasteiger partial charge in [-0.1, -0.05) is 35.9 Å². The van der Waals surface area contributed by atoms with Crippen LogP contribution in [0.4, 0.5) is 0 Å². The van der Waals surface area contributed by atoms with E-state index in [-0.39, 0.29) is 11.8 Å². The molecule has 2 aromatic carbocycles. The molecule has 0 saturated carbocycles. The van der Waals surface area contributed by atoms with Crippen molar-refractivity contribution in [3.8, 4) is 11.6 Å². The van der Waals surface area contributed by atoms with Gasteiger partial charge in [-0.15, -0.1) is 0 Å². The first-order valence-corrected chi connectivity index (χ1v) is 15.6. The molecular formula is C34H37ClN4O5. The summed E-state index contributed by atoms with van der Waals surface area (Å²) in [6, 6.07) is 16.8.